The zero-order valence-corrected chi connectivity index (χ0v) is 10.8. The van der Waals surface area contributed by atoms with Crippen molar-refractivity contribution in [3.05, 3.63) is 17.7 Å². The minimum Gasteiger partial charge on any atom is -0.480 e. The molecule has 1 aromatic heterocycles. The Bertz CT molecular complexity index is 551. The second kappa shape index (κ2) is 4.69. The second-order valence-corrected chi connectivity index (χ2v) is 6.29. The lowest BCUT2D eigenvalue weighted by atomic mass is 10.1. The number of fused-ring (bicyclic) bond motifs is 1. The van der Waals surface area contributed by atoms with Crippen molar-refractivity contribution in [3.8, 4) is 0 Å². The van der Waals surface area contributed by atoms with Crippen molar-refractivity contribution in [2.75, 3.05) is 5.75 Å². The summed E-state index contributed by atoms with van der Waals surface area (Å²) in [6.07, 6.45) is 2.03. The summed E-state index contributed by atoms with van der Waals surface area (Å²) in [4.78, 5) is 18.1. The first-order valence-corrected chi connectivity index (χ1v) is 7.30. The summed E-state index contributed by atoms with van der Waals surface area (Å²) < 4.78 is 25.2. The number of sulfonamides is 1. The summed E-state index contributed by atoms with van der Waals surface area (Å²) in [6, 6.07) is -1.06. The molecule has 0 amide bonds. The number of nitrogens with zero attached hydrogens (tertiary/aromatic N) is 2. The van der Waals surface area contributed by atoms with Crippen LogP contribution in [0.25, 0.3) is 0 Å². The molecule has 100 valence electrons. The number of aromatic nitrogens is 2. The maximum atomic E-state index is 12.1. The molecule has 2 N–H and O–H groups in total. The Morgan fingerprint density at radius 3 is 3.00 bits per heavy atom. The molecule has 18 heavy (non-hydrogen) atoms. The molecule has 0 saturated heterocycles. The molecule has 1 aromatic rings. The van der Waals surface area contributed by atoms with E-state index in [1.54, 1.807) is 6.92 Å². The van der Waals surface area contributed by atoms with Gasteiger partial charge in [0.15, 0.2) is 0 Å². The van der Waals surface area contributed by atoms with Gasteiger partial charge in [-0.3, -0.25) is 4.79 Å². The van der Waals surface area contributed by atoms with Gasteiger partial charge in [-0.2, -0.15) is 4.31 Å². The summed E-state index contributed by atoms with van der Waals surface area (Å²) in [6.45, 7) is 1.80. The van der Waals surface area contributed by atoms with Gasteiger partial charge in [0.25, 0.3) is 0 Å². The molecule has 0 saturated carbocycles. The van der Waals surface area contributed by atoms with E-state index >= 15 is 0 Å². The summed E-state index contributed by atoms with van der Waals surface area (Å²) >= 11 is 0. The van der Waals surface area contributed by atoms with Gasteiger partial charge < -0.3 is 10.1 Å². The zero-order valence-electron chi connectivity index (χ0n) is 9.96. The molecule has 2 heterocycles. The highest BCUT2D eigenvalue weighted by Gasteiger charge is 2.39. The van der Waals surface area contributed by atoms with Gasteiger partial charge in [-0.1, -0.05) is 6.92 Å². The van der Waals surface area contributed by atoms with Crippen LogP contribution in [-0.4, -0.2) is 45.6 Å². The van der Waals surface area contributed by atoms with E-state index < -0.39 is 22.0 Å². The van der Waals surface area contributed by atoms with E-state index in [9.17, 15) is 13.2 Å². The standard InChI is InChI=1S/C10H15N3O4S/c1-2-3-18(16,17)13-5-8-7(11-6-12-8)4-9(13)10(14)15/h6,9H,2-5H2,1H3,(H,11,12)(H,14,15). The first-order chi connectivity index (χ1) is 8.45. The molecule has 8 heteroatoms. The molecule has 0 aromatic carbocycles. The minimum absolute atomic E-state index is 0.0414. The van der Waals surface area contributed by atoms with Crippen LogP contribution in [0.1, 0.15) is 24.7 Å². The molecule has 0 fully saturated rings. The molecule has 1 aliphatic heterocycles. The highest BCUT2D eigenvalue weighted by Crippen LogP contribution is 2.24. The molecular weight excluding hydrogens is 258 g/mol. The van der Waals surface area contributed by atoms with Gasteiger partial charge >= 0.3 is 5.97 Å². The number of hydrogen-bond donors (Lipinski definition) is 2. The van der Waals surface area contributed by atoms with E-state index in [1.165, 1.54) is 6.33 Å². The topological polar surface area (TPSA) is 103 Å². The van der Waals surface area contributed by atoms with E-state index in [4.69, 9.17) is 5.11 Å². The number of nitrogens with one attached hydrogen (secondary N) is 1. The number of aliphatic carboxylic acids is 1. The molecule has 0 radical (unpaired) electrons. The third-order valence-corrected chi connectivity index (χ3v) is 4.98. The average Bonchev–Trinajstić information content (AvgIpc) is 2.74. The first kappa shape index (κ1) is 13.0. The lowest BCUT2D eigenvalue weighted by Crippen LogP contribution is -2.49. The van der Waals surface area contributed by atoms with Crippen LogP contribution in [0.2, 0.25) is 0 Å². The van der Waals surface area contributed by atoms with E-state index in [1.807, 2.05) is 0 Å². The first-order valence-electron chi connectivity index (χ1n) is 5.69. The highest BCUT2D eigenvalue weighted by molar-refractivity contribution is 7.89. The summed E-state index contributed by atoms with van der Waals surface area (Å²) in [7, 11) is -3.54. The van der Waals surface area contributed by atoms with Crippen molar-refractivity contribution in [1.82, 2.24) is 14.3 Å². The SMILES string of the molecule is CCCS(=O)(=O)N1Cc2[nH]cnc2CC1C(=O)O. The molecule has 0 bridgehead atoms. The third kappa shape index (κ3) is 2.25. The Labute approximate surface area is 105 Å². The number of carbonyl (C=O) groups is 1. The van der Waals surface area contributed by atoms with Crippen LogP contribution >= 0.6 is 0 Å². The van der Waals surface area contributed by atoms with Gasteiger partial charge in [-0.05, 0) is 6.42 Å². The Morgan fingerprint density at radius 2 is 2.39 bits per heavy atom. The number of imidazole rings is 1. The van der Waals surface area contributed by atoms with Crippen molar-refractivity contribution >= 4 is 16.0 Å². The third-order valence-electron chi connectivity index (χ3n) is 2.96. The Hall–Kier alpha value is -1.41. The number of aromatic amines is 1. The second-order valence-electron chi connectivity index (χ2n) is 4.25. The largest absolute Gasteiger partial charge is 0.480 e. The Morgan fingerprint density at radius 1 is 1.67 bits per heavy atom. The summed E-state index contributed by atoms with van der Waals surface area (Å²) in [5.41, 5.74) is 1.30. The van der Waals surface area contributed by atoms with E-state index in [0.29, 0.717) is 17.8 Å². The molecule has 2 rings (SSSR count). The summed E-state index contributed by atoms with van der Waals surface area (Å²) in [5, 5.41) is 9.16. The predicted octanol–water partition coefficient (Wildman–Crippen LogP) is -0.0392. The van der Waals surface area contributed by atoms with Crippen molar-refractivity contribution in [3.63, 3.8) is 0 Å². The van der Waals surface area contributed by atoms with Gasteiger partial charge in [-0.25, -0.2) is 13.4 Å². The smallest absolute Gasteiger partial charge is 0.322 e. The Balaban J connectivity index is 2.36. The van der Waals surface area contributed by atoms with Gasteiger partial charge in [0.1, 0.15) is 6.04 Å². The van der Waals surface area contributed by atoms with E-state index in [0.717, 1.165) is 4.31 Å². The van der Waals surface area contributed by atoms with Crippen molar-refractivity contribution < 1.29 is 18.3 Å². The number of hydrogen-bond acceptors (Lipinski definition) is 4. The molecule has 1 unspecified atom stereocenters. The fraction of sp³-hybridized carbons (Fsp3) is 0.600. The fourth-order valence-corrected chi connectivity index (χ4v) is 3.72. The molecule has 1 atom stereocenters. The number of carboxylic acids is 1. The molecular formula is C10H15N3O4S. The van der Waals surface area contributed by atoms with Crippen LogP contribution in [-0.2, 0) is 27.8 Å². The van der Waals surface area contributed by atoms with Crippen molar-refractivity contribution in [2.24, 2.45) is 0 Å². The summed E-state index contributed by atoms with van der Waals surface area (Å²) in [5.74, 6) is -1.18. The Kier molecular flexibility index (Phi) is 3.40. The monoisotopic (exact) mass is 273 g/mol. The fourth-order valence-electron chi connectivity index (χ4n) is 2.09. The van der Waals surface area contributed by atoms with Crippen LogP contribution < -0.4 is 0 Å². The van der Waals surface area contributed by atoms with Crippen LogP contribution in [0.5, 0.6) is 0 Å². The molecule has 0 spiro atoms. The molecule has 0 aliphatic carbocycles. The maximum Gasteiger partial charge on any atom is 0.322 e. The zero-order chi connectivity index (χ0) is 13.3. The lowest BCUT2D eigenvalue weighted by molar-refractivity contribution is -0.141. The average molecular weight is 273 g/mol. The van der Waals surface area contributed by atoms with E-state index in [2.05, 4.69) is 9.97 Å². The van der Waals surface area contributed by atoms with Crippen LogP contribution in [0.15, 0.2) is 6.33 Å². The van der Waals surface area contributed by atoms with Gasteiger partial charge in [0.2, 0.25) is 10.0 Å². The lowest BCUT2D eigenvalue weighted by Gasteiger charge is -2.31. The predicted molar refractivity (Wildman–Crippen MR) is 63.3 cm³/mol. The van der Waals surface area contributed by atoms with Crippen LogP contribution in [0.3, 0.4) is 0 Å². The quantitative estimate of drug-likeness (QED) is 0.801. The van der Waals surface area contributed by atoms with Gasteiger partial charge in [-0.15, -0.1) is 0 Å². The van der Waals surface area contributed by atoms with E-state index in [-0.39, 0.29) is 18.7 Å². The molecule has 1 aliphatic rings. The normalized spacial score (nSPS) is 20.6. The van der Waals surface area contributed by atoms with Crippen molar-refractivity contribution in [2.45, 2.75) is 32.4 Å². The number of rotatable bonds is 4. The van der Waals surface area contributed by atoms with Crippen LogP contribution in [0, 0.1) is 0 Å². The van der Waals surface area contributed by atoms with Gasteiger partial charge in [0, 0.05) is 6.42 Å². The maximum absolute atomic E-state index is 12.1. The van der Waals surface area contributed by atoms with Crippen LogP contribution in [0.4, 0.5) is 0 Å². The molecule has 7 nitrogen and oxygen atoms in total. The highest BCUT2D eigenvalue weighted by atomic mass is 32.2. The number of carboxylic acid groups (broad SMARTS) is 1. The van der Waals surface area contributed by atoms with Crippen molar-refractivity contribution in [1.29, 1.82) is 0 Å². The number of H-pyrrole nitrogens is 1. The minimum atomic E-state index is -3.54. The van der Waals surface area contributed by atoms with Gasteiger partial charge in [0.05, 0.1) is 30.0 Å².